The molecular weight excluding hydrogens is 512 g/mol. The summed E-state index contributed by atoms with van der Waals surface area (Å²) in [5.41, 5.74) is 3.02. The number of amides is 3. The Bertz CT molecular complexity index is 1160. The highest BCUT2D eigenvalue weighted by molar-refractivity contribution is 5.90. The average molecular weight is 559 g/mol. The zero-order valence-corrected chi connectivity index (χ0v) is 25.0. The van der Waals surface area contributed by atoms with Crippen molar-refractivity contribution in [2.45, 2.75) is 84.0 Å². The molecule has 2 aromatic carbocycles. The van der Waals surface area contributed by atoms with E-state index >= 15 is 0 Å². The summed E-state index contributed by atoms with van der Waals surface area (Å²) in [5, 5.41) is 6.69. The molecule has 0 aromatic heterocycles. The molecule has 3 amide bonds. The molecule has 2 aromatic rings. The predicted octanol–water partition coefficient (Wildman–Crippen LogP) is 5.05. The lowest BCUT2D eigenvalue weighted by Gasteiger charge is -2.40. The smallest absolute Gasteiger partial charge is 0.247 e. The third-order valence-corrected chi connectivity index (χ3v) is 8.50. The van der Waals surface area contributed by atoms with Crippen molar-refractivity contribution in [3.8, 4) is 0 Å². The molecule has 2 fully saturated rings. The molecule has 0 spiro atoms. The van der Waals surface area contributed by atoms with Crippen LogP contribution in [-0.2, 0) is 14.4 Å². The molecule has 220 valence electrons. The number of rotatable bonds is 10. The Labute approximate surface area is 245 Å². The fourth-order valence-electron chi connectivity index (χ4n) is 5.96. The molecule has 4 rings (SSSR count). The molecule has 7 heteroatoms. The van der Waals surface area contributed by atoms with Crippen molar-refractivity contribution >= 4 is 17.7 Å². The highest BCUT2D eigenvalue weighted by Gasteiger charge is 2.44. The van der Waals surface area contributed by atoms with E-state index in [-0.39, 0.29) is 54.2 Å². The van der Waals surface area contributed by atoms with E-state index in [2.05, 4.69) is 41.5 Å². The minimum Gasteiger partial charge on any atom is -0.376 e. The minimum atomic E-state index is -0.789. The number of nitrogens with one attached hydrogen (secondary N) is 2. The Balaban J connectivity index is 1.60. The molecule has 41 heavy (non-hydrogen) atoms. The van der Waals surface area contributed by atoms with Crippen LogP contribution in [0.25, 0.3) is 0 Å². The summed E-state index contributed by atoms with van der Waals surface area (Å²) in [5.74, 6) is -0.235. The van der Waals surface area contributed by atoms with Gasteiger partial charge in [0.1, 0.15) is 6.04 Å². The second kappa shape index (κ2) is 13.8. The summed E-state index contributed by atoms with van der Waals surface area (Å²) < 4.78 is 0. The SMILES string of the molecule is C=C(NC(c1ccccc1)c1ccccc1)[C@@H]1CC[C@@H]2CCN(C(=O)CC(C)C)CC(NC(=O)[C@H](C)CC)C(=O)N21. The first-order chi connectivity index (χ1) is 19.7. The van der Waals surface area contributed by atoms with Crippen LogP contribution in [0.2, 0.25) is 0 Å². The van der Waals surface area contributed by atoms with Gasteiger partial charge in [-0.25, -0.2) is 0 Å². The van der Waals surface area contributed by atoms with Gasteiger partial charge in [-0.1, -0.05) is 94.9 Å². The second-order valence-electron chi connectivity index (χ2n) is 12.0. The van der Waals surface area contributed by atoms with Gasteiger partial charge in [0.2, 0.25) is 17.7 Å². The highest BCUT2D eigenvalue weighted by Crippen LogP contribution is 2.34. The number of hydrogen-bond donors (Lipinski definition) is 2. The van der Waals surface area contributed by atoms with Gasteiger partial charge < -0.3 is 20.4 Å². The summed E-state index contributed by atoms with van der Waals surface area (Å²) in [4.78, 5) is 44.1. The van der Waals surface area contributed by atoms with E-state index in [1.54, 1.807) is 4.90 Å². The fourth-order valence-corrected chi connectivity index (χ4v) is 5.96. The minimum absolute atomic E-state index is 0.0180. The molecule has 0 radical (unpaired) electrons. The zero-order chi connectivity index (χ0) is 29.5. The van der Waals surface area contributed by atoms with Crippen LogP contribution in [-0.4, -0.2) is 58.7 Å². The molecule has 2 N–H and O–H groups in total. The monoisotopic (exact) mass is 558 g/mol. The Hall–Kier alpha value is -3.61. The number of nitrogens with zero attached hydrogens (tertiary/aromatic N) is 2. The largest absolute Gasteiger partial charge is 0.376 e. The van der Waals surface area contributed by atoms with E-state index in [9.17, 15) is 14.4 Å². The van der Waals surface area contributed by atoms with Crippen LogP contribution in [0.15, 0.2) is 72.9 Å². The molecule has 2 saturated heterocycles. The van der Waals surface area contributed by atoms with Crippen molar-refractivity contribution in [3.63, 3.8) is 0 Å². The summed E-state index contributed by atoms with van der Waals surface area (Å²) in [6.45, 7) is 13.1. The first-order valence-corrected chi connectivity index (χ1v) is 15.1. The topological polar surface area (TPSA) is 81.8 Å². The predicted molar refractivity (Wildman–Crippen MR) is 163 cm³/mol. The van der Waals surface area contributed by atoms with Gasteiger partial charge in [-0.15, -0.1) is 0 Å². The van der Waals surface area contributed by atoms with Gasteiger partial charge in [0.15, 0.2) is 0 Å². The maximum atomic E-state index is 14.3. The first-order valence-electron chi connectivity index (χ1n) is 15.1. The van der Waals surface area contributed by atoms with Gasteiger partial charge >= 0.3 is 0 Å². The van der Waals surface area contributed by atoms with Crippen LogP contribution in [0.3, 0.4) is 0 Å². The summed E-state index contributed by atoms with van der Waals surface area (Å²) in [7, 11) is 0. The third-order valence-electron chi connectivity index (χ3n) is 8.50. The number of carbonyl (C=O) groups is 3. The molecule has 2 aliphatic heterocycles. The van der Waals surface area contributed by atoms with Crippen molar-refractivity contribution in [1.29, 1.82) is 0 Å². The van der Waals surface area contributed by atoms with Gasteiger partial charge in [0.05, 0.1) is 12.1 Å². The Morgan fingerprint density at radius 3 is 2.12 bits per heavy atom. The molecule has 0 saturated carbocycles. The summed E-state index contributed by atoms with van der Waals surface area (Å²) in [6, 6.07) is 19.4. The molecule has 1 unspecified atom stereocenters. The Morgan fingerprint density at radius 2 is 1.56 bits per heavy atom. The molecular formula is C34H46N4O3. The molecule has 0 bridgehead atoms. The van der Waals surface area contributed by atoms with Crippen LogP contribution in [0.4, 0.5) is 0 Å². The second-order valence-corrected chi connectivity index (χ2v) is 12.0. The van der Waals surface area contributed by atoms with Crippen LogP contribution >= 0.6 is 0 Å². The lowest BCUT2D eigenvalue weighted by molar-refractivity contribution is -0.144. The molecule has 4 atom stereocenters. The molecule has 0 aliphatic carbocycles. The van der Waals surface area contributed by atoms with E-state index < -0.39 is 6.04 Å². The van der Waals surface area contributed by atoms with E-state index in [1.807, 2.05) is 69.0 Å². The van der Waals surface area contributed by atoms with Gasteiger partial charge in [-0.3, -0.25) is 14.4 Å². The van der Waals surface area contributed by atoms with Crippen molar-refractivity contribution in [2.24, 2.45) is 11.8 Å². The van der Waals surface area contributed by atoms with E-state index in [0.29, 0.717) is 25.8 Å². The summed E-state index contributed by atoms with van der Waals surface area (Å²) >= 11 is 0. The zero-order valence-electron chi connectivity index (χ0n) is 25.0. The fraction of sp³-hybridized carbons (Fsp3) is 0.500. The Morgan fingerprint density at radius 1 is 0.951 bits per heavy atom. The van der Waals surface area contributed by atoms with Crippen LogP contribution in [0.1, 0.15) is 77.0 Å². The van der Waals surface area contributed by atoms with Gasteiger partial charge in [-0.05, 0) is 42.7 Å². The lowest BCUT2D eigenvalue weighted by Crippen LogP contribution is -2.60. The highest BCUT2D eigenvalue weighted by atomic mass is 16.2. The summed E-state index contributed by atoms with van der Waals surface area (Å²) in [6.07, 6.45) is 3.44. The van der Waals surface area contributed by atoms with Crippen LogP contribution in [0.5, 0.6) is 0 Å². The average Bonchev–Trinajstić information content (AvgIpc) is 3.39. The third kappa shape index (κ3) is 7.38. The van der Waals surface area contributed by atoms with E-state index in [0.717, 1.165) is 29.7 Å². The van der Waals surface area contributed by atoms with E-state index in [1.165, 1.54) is 0 Å². The maximum Gasteiger partial charge on any atom is 0.247 e. The van der Waals surface area contributed by atoms with Gasteiger partial charge in [0.25, 0.3) is 0 Å². The van der Waals surface area contributed by atoms with Crippen molar-refractivity contribution in [1.82, 2.24) is 20.4 Å². The Kier molecular flexibility index (Phi) is 10.2. The van der Waals surface area contributed by atoms with E-state index in [4.69, 9.17) is 0 Å². The van der Waals surface area contributed by atoms with Crippen LogP contribution < -0.4 is 10.6 Å². The van der Waals surface area contributed by atoms with Crippen molar-refractivity contribution in [3.05, 3.63) is 84.1 Å². The lowest BCUT2D eigenvalue weighted by atomic mass is 9.97. The first kappa shape index (κ1) is 30.4. The van der Waals surface area contributed by atoms with Crippen molar-refractivity contribution in [2.75, 3.05) is 13.1 Å². The number of fused-ring (bicyclic) bond motifs is 1. The van der Waals surface area contributed by atoms with Crippen LogP contribution in [0, 0.1) is 11.8 Å². The number of carbonyl (C=O) groups excluding carboxylic acids is 3. The molecule has 7 nitrogen and oxygen atoms in total. The normalized spacial score (nSPS) is 21.7. The standard InChI is InChI=1S/C34H46N4O3/c1-6-24(4)33(40)36-29-22-37(31(39)21-23(2)3)20-19-28-17-18-30(38(28)34(29)41)25(5)35-32(26-13-9-7-10-14-26)27-15-11-8-12-16-27/h7-16,23-24,28-30,32,35H,5-6,17-22H2,1-4H3,(H,36,40)/t24-,28-,29?,30+/m1/s1. The maximum absolute atomic E-state index is 14.3. The quantitative estimate of drug-likeness (QED) is 0.428. The number of hydrogen-bond acceptors (Lipinski definition) is 4. The number of benzene rings is 2. The van der Waals surface area contributed by atoms with Gasteiger partial charge in [0, 0.05) is 37.2 Å². The molecule has 2 heterocycles. The molecule has 2 aliphatic rings. The van der Waals surface area contributed by atoms with Gasteiger partial charge in [-0.2, -0.15) is 0 Å². The van der Waals surface area contributed by atoms with Crippen molar-refractivity contribution < 1.29 is 14.4 Å².